The molecule has 86 heavy (non-hydrogen) atoms. The number of aliphatic hydroxyl groups excluding tert-OH is 1. The van der Waals surface area contributed by atoms with Gasteiger partial charge < -0.3 is 80.4 Å². The van der Waals surface area contributed by atoms with Gasteiger partial charge in [0.2, 0.25) is 47.3 Å². The molecule has 0 saturated carbocycles. The topological polar surface area (TPSA) is 401 Å². The Balaban J connectivity index is 1.38. The van der Waals surface area contributed by atoms with Gasteiger partial charge in [0, 0.05) is 47.2 Å². The average Bonchev–Trinajstić information content (AvgIpc) is 3.64. The fourth-order valence-electron chi connectivity index (χ4n) is 8.77. The maximum Gasteiger partial charge on any atom is 0.323 e. The van der Waals surface area contributed by atoms with Gasteiger partial charge in [0.05, 0.1) is 12.1 Å². The number of para-hydroxylation sites is 1. The first kappa shape index (κ1) is 66.7. The highest BCUT2D eigenvalue weighted by atomic mass is 35.5. The SMILES string of the molecule is C[C@@H](O)[C@@H]1NC(=O)[C@H](CCCCN)NC(=O)[C@@H](Cc2ccc(NC(=O)Nc3ccccc3)cc2)NC(=O)[C@H](Cc2ccc(O)cc2)NC(=O)[C@H](NC(=O)[C@@H](N)Cc2ccc(Cl)cc2)CSSC[C@@H](C(=O)N[C@H](Cc2ccc(O)cc2)C(N)=O)NC1=O. The number of nitrogens with two attached hydrogens (primary N) is 3. The Morgan fingerprint density at radius 1 is 0.616 bits per heavy atom. The normalized spacial score (nSPS) is 20.2. The molecule has 24 nitrogen and oxygen atoms in total. The lowest BCUT2D eigenvalue weighted by molar-refractivity contribution is -0.136. The Morgan fingerprint density at radius 3 is 1.69 bits per heavy atom. The number of aromatic hydroxyl groups is 2. The number of unbranched alkanes of at least 4 members (excludes halogenated alkanes) is 1. The molecule has 1 aliphatic rings. The largest absolute Gasteiger partial charge is 0.508 e. The number of nitrogens with one attached hydrogen (secondary N) is 9. The lowest BCUT2D eigenvalue weighted by atomic mass is 10.0. The molecule has 6 rings (SSSR count). The van der Waals surface area contributed by atoms with Crippen LogP contribution in [0.5, 0.6) is 11.5 Å². The second-order valence-electron chi connectivity index (χ2n) is 20.4. The zero-order valence-corrected chi connectivity index (χ0v) is 49.2. The number of aliphatic hydroxyl groups is 1. The molecular weight excluding hydrogens is 1170 g/mol. The highest BCUT2D eigenvalue weighted by molar-refractivity contribution is 8.76. The Labute approximate surface area is 509 Å². The quantitative estimate of drug-likeness (QED) is 0.0390. The molecule has 0 aromatic heterocycles. The highest BCUT2D eigenvalue weighted by Crippen LogP contribution is 2.25. The average molecular weight is 1240 g/mol. The minimum absolute atomic E-state index is 0.0225. The van der Waals surface area contributed by atoms with E-state index in [0.717, 1.165) is 21.6 Å². The van der Waals surface area contributed by atoms with Gasteiger partial charge in [-0.3, -0.25) is 38.4 Å². The molecule has 9 atom stereocenters. The van der Waals surface area contributed by atoms with Crippen molar-refractivity contribution in [3.63, 3.8) is 0 Å². The number of amides is 10. The first-order valence-electron chi connectivity index (χ1n) is 27.5. The number of halogens is 1. The summed E-state index contributed by atoms with van der Waals surface area (Å²) in [5.41, 5.74) is 21.0. The minimum atomic E-state index is -1.77. The van der Waals surface area contributed by atoms with Crippen molar-refractivity contribution in [1.82, 2.24) is 37.2 Å². The summed E-state index contributed by atoms with van der Waals surface area (Å²) < 4.78 is 0. The fraction of sp³-hybridized carbons (Fsp3) is 0.339. The molecule has 10 amide bonds. The molecule has 0 spiro atoms. The molecule has 5 aromatic carbocycles. The van der Waals surface area contributed by atoms with Crippen LogP contribution in [0.4, 0.5) is 16.2 Å². The summed E-state index contributed by atoms with van der Waals surface area (Å²) in [5, 5.41) is 55.5. The van der Waals surface area contributed by atoms with Gasteiger partial charge in [-0.15, -0.1) is 0 Å². The van der Waals surface area contributed by atoms with Gasteiger partial charge in [0.1, 0.15) is 53.8 Å². The van der Waals surface area contributed by atoms with Crippen molar-refractivity contribution >= 4 is 97.9 Å². The van der Waals surface area contributed by atoms with Gasteiger partial charge in [0.25, 0.3) is 0 Å². The van der Waals surface area contributed by atoms with Crippen molar-refractivity contribution in [3.05, 3.63) is 155 Å². The van der Waals surface area contributed by atoms with E-state index < -0.39 is 108 Å². The molecule has 0 aliphatic carbocycles. The van der Waals surface area contributed by atoms with Crippen LogP contribution in [0.3, 0.4) is 0 Å². The van der Waals surface area contributed by atoms with Crippen molar-refractivity contribution < 1.29 is 58.5 Å². The van der Waals surface area contributed by atoms with Crippen molar-refractivity contribution in [3.8, 4) is 11.5 Å². The van der Waals surface area contributed by atoms with Crippen molar-refractivity contribution in [2.24, 2.45) is 17.2 Å². The summed E-state index contributed by atoms with van der Waals surface area (Å²) in [6, 6.07) is 20.9. The number of rotatable bonds is 20. The van der Waals surface area contributed by atoms with E-state index in [1.165, 1.54) is 55.5 Å². The molecule has 458 valence electrons. The number of primary amides is 1. The van der Waals surface area contributed by atoms with E-state index in [2.05, 4.69) is 47.9 Å². The fourth-order valence-corrected chi connectivity index (χ4v) is 11.2. The smallest absolute Gasteiger partial charge is 0.323 e. The number of hydrogen-bond donors (Lipinski definition) is 15. The summed E-state index contributed by atoms with van der Waals surface area (Å²) >= 11 is 6.09. The number of hydrogen-bond acceptors (Lipinski definition) is 16. The van der Waals surface area contributed by atoms with Crippen LogP contribution in [0.15, 0.2) is 127 Å². The van der Waals surface area contributed by atoms with E-state index in [1.54, 1.807) is 78.9 Å². The van der Waals surface area contributed by atoms with Crippen molar-refractivity contribution in [1.29, 1.82) is 0 Å². The summed E-state index contributed by atoms with van der Waals surface area (Å²) in [6.45, 7) is 1.42. The number of phenols is 2. The van der Waals surface area contributed by atoms with Crippen LogP contribution in [-0.2, 0) is 64.0 Å². The third kappa shape index (κ3) is 21.6. The van der Waals surface area contributed by atoms with Gasteiger partial charge in [-0.2, -0.15) is 0 Å². The van der Waals surface area contributed by atoms with Gasteiger partial charge >= 0.3 is 6.03 Å². The van der Waals surface area contributed by atoms with E-state index in [0.29, 0.717) is 45.1 Å². The number of benzene rings is 5. The molecule has 5 aromatic rings. The zero-order valence-electron chi connectivity index (χ0n) is 46.8. The first-order valence-corrected chi connectivity index (χ1v) is 30.3. The minimum Gasteiger partial charge on any atom is -0.508 e. The highest BCUT2D eigenvalue weighted by Gasteiger charge is 2.36. The molecule has 1 aliphatic heterocycles. The van der Waals surface area contributed by atoms with Crippen molar-refractivity contribution in [2.45, 2.75) is 106 Å². The van der Waals surface area contributed by atoms with Gasteiger partial charge in [-0.1, -0.05) is 99.9 Å². The number of anilines is 2. The van der Waals surface area contributed by atoms with Crippen LogP contribution in [0.2, 0.25) is 5.02 Å². The second kappa shape index (κ2) is 33.3. The number of carbonyl (C=O) groups is 9. The van der Waals surface area contributed by atoms with Crippen LogP contribution in [0.1, 0.15) is 48.4 Å². The predicted octanol–water partition coefficient (Wildman–Crippen LogP) is 1.78. The van der Waals surface area contributed by atoms with E-state index in [9.17, 15) is 58.5 Å². The van der Waals surface area contributed by atoms with Gasteiger partial charge in [0.15, 0.2) is 0 Å². The summed E-state index contributed by atoms with van der Waals surface area (Å²) in [7, 11) is 1.91. The third-order valence-corrected chi connectivity index (χ3v) is 16.2. The Kier molecular flexibility index (Phi) is 25.9. The Morgan fingerprint density at radius 2 is 1.12 bits per heavy atom. The lowest BCUT2D eigenvalue weighted by Crippen LogP contribution is -2.62. The standard InChI is InChI=1S/C59H71ClN12O12S2/c1-33(73)50-58(83)71-49(56(81)67-45(51(63)76)28-36-14-22-41(74)23-15-36)32-86-85-31-48(70-52(77)43(62)27-34-10-18-38(60)19-11-34)57(82)69-47(30-37-16-24-42(75)25-17-37)55(80)68-46(54(79)66-44(53(78)72-50)9-5-6-26-61)29-35-12-20-40(21-13-35)65-59(84)64-39-7-3-2-4-8-39/h2-4,7-8,10-25,33,43-50,73-75H,5-6,9,26-32,61-62H2,1H3,(H2,63,76)(H,66,79)(H,67,81)(H,68,80)(H,69,82)(H,70,77)(H,71,83)(H,72,78)(H2,64,65,84)/t33-,43+,44+,45-,46-,47+,48-,49+,50+/m1/s1. The molecule has 0 radical (unpaired) electrons. The van der Waals surface area contributed by atoms with Crippen LogP contribution in [-0.4, -0.2) is 141 Å². The van der Waals surface area contributed by atoms with E-state index in [4.69, 9.17) is 28.8 Å². The van der Waals surface area contributed by atoms with Crippen LogP contribution in [0, 0.1) is 0 Å². The third-order valence-electron chi connectivity index (χ3n) is 13.5. The Hall–Kier alpha value is -8.40. The lowest BCUT2D eigenvalue weighted by Gasteiger charge is -2.29. The molecule has 1 heterocycles. The molecule has 1 fully saturated rings. The first-order chi connectivity index (χ1) is 41.1. The summed E-state index contributed by atoms with van der Waals surface area (Å²) in [5.74, 6) is -8.05. The van der Waals surface area contributed by atoms with E-state index >= 15 is 0 Å². The molecular formula is C59H71ClN12O12S2. The molecule has 27 heteroatoms. The van der Waals surface area contributed by atoms with E-state index in [-0.39, 0.29) is 68.1 Å². The van der Waals surface area contributed by atoms with Crippen LogP contribution >= 0.6 is 33.2 Å². The summed E-state index contributed by atoms with van der Waals surface area (Å²) in [6.07, 6.45) is -1.58. The Bertz CT molecular complexity index is 3120. The molecule has 1 saturated heterocycles. The predicted molar refractivity (Wildman–Crippen MR) is 328 cm³/mol. The summed E-state index contributed by atoms with van der Waals surface area (Å²) in [4.78, 5) is 127. The molecule has 18 N–H and O–H groups in total. The number of phenolic OH excluding ortho intramolecular Hbond substituents is 2. The number of carbonyl (C=O) groups excluding carboxylic acids is 9. The molecule has 0 bridgehead atoms. The maximum absolute atomic E-state index is 14.9. The van der Waals surface area contributed by atoms with Crippen molar-refractivity contribution in [2.75, 3.05) is 28.7 Å². The zero-order chi connectivity index (χ0) is 62.3. The maximum atomic E-state index is 14.9. The van der Waals surface area contributed by atoms with Crippen LogP contribution < -0.4 is 65.1 Å². The van der Waals surface area contributed by atoms with Gasteiger partial charge in [-0.05, 0) is 122 Å². The van der Waals surface area contributed by atoms with Crippen LogP contribution in [0.25, 0.3) is 0 Å². The number of urea groups is 1. The second-order valence-corrected chi connectivity index (χ2v) is 23.4. The molecule has 0 unspecified atom stereocenters. The van der Waals surface area contributed by atoms with Gasteiger partial charge in [-0.25, -0.2) is 4.79 Å². The van der Waals surface area contributed by atoms with E-state index in [1.807, 2.05) is 0 Å². The monoisotopic (exact) mass is 1240 g/mol.